The van der Waals surface area contributed by atoms with Crippen LogP contribution < -0.4 is 9.80 Å². The summed E-state index contributed by atoms with van der Waals surface area (Å²) < 4.78 is 2.45. The van der Waals surface area contributed by atoms with E-state index >= 15 is 0 Å². The first-order valence-electron chi connectivity index (χ1n) is 14.9. The summed E-state index contributed by atoms with van der Waals surface area (Å²) in [4.78, 5) is 31.8. The number of Topliss-reactive ketones (excluding diaryl/α,β-unsaturated/α-hetero) is 2. The lowest BCUT2D eigenvalue weighted by Gasteiger charge is -2.25. The fourth-order valence-corrected chi connectivity index (χ4v) is 7.74. The van der Waals surface area contributed by atoms with Crippen molar-refractivity contribution in [2.24, 2.45) is 0 Å². The Kier molecular flexibility index (Phi) is 5.64. The molecule has 6 aromatic carbocycles. The van der Waals surface area contributed by atoms with Crippen molar-refractivity contribution >= 4 is 76.6 Å². The number of allylic oxidation sites excluding steroid dienone is 3. The second-order valence-electron chi connectivity index (χ2n) is 11.3. The molecule has 0 fully saturated rings. The Morgan fingerprint density at radius 1 is 0.489 bits per heavy atom. The topological polar surface area (TPSA) is 40.6 Å². The smallest absolute Gasteiger partial charge is 0.197 e. The Balaban J connectivity index is 1.27. The monoisotopic (exact) mass is 596 g/mol. The van der Waals surface area contributed by atoms with Gasteiger partial charge >= 0.3 is 0 Å². The lowest BCUT2D eigenvalue weighted by Crippen LogP contribution is -2.21. The zero-order chi connectivity index (χ0) is 30.1. The molecule has 0 unspecified atom stereocenters. The number of rotatable bonds is 3. The van der Waals surface area contributed by atoms with Crippen molar-refractivity contribution in [2.75, 3.05) is 9.80 Å². The molecular formula is C40H24N2O2S. The maximum atomic E-state index is 13.7. The summed E-state index contributed by atoms with van der Waals surface area (Å²) >= 11 is 1.79. The van der Waals surface area contributed by atoms with E-state index in [1.807, 2.05) is 78.9 Å². The van der Waals surface area contributed by atoms with E-state index in [-0.39, 0.29) is 17.1 Å². The van der Waals surface area contributed by atoms with Crippen molar-refractivity contribution in [1.82, 2.24) is 0 Å². The molecule has 0 bridgehead atoms. The molecule has 1 aliphatic heterocycles. The first-order chi connectivity index (χ1) is 22.2. The van der Waals surface area contributed by atoms with Crippen LogP contribution in [0.2, 0.25) is 0 Å². The molecule has 45 heavy (non-hydrogen) atoms. The van der Waals surface area contributed by atoms with Gasteiger partial charge in [-0.15, -0.1) is 11.3 Å². The number of ketones is 2. The third-order valence-electron chi connectivity index (χ3n) is 8.71. The highest BCUT2D eigenvalue weighted by Crippen LogP contribution is 2.53. The summed E-state index contributed by atoms with van der Waals surface area (Å²) in [5.74, 6) is 0.355. The normalized spacial score (nSPS) is 15.1. The van der Waals surface area contributed by atoms with Crippen LogP contribution in [0.4, 0.5) is 22.7 Å². The number of nitrogens with zero attached hydrogens (tertiary/aromatic N) is 2. The number of hydrogen-bond donors (Lipinski definition) is 0. The molecule has 4 nitrogen and oxygen atoms in total. The molecule has 1 aliphatic carbocycles. The van der Waals surface area contributed by atoms with Crippen molar-refractivity contribution in [3.63, 3.8) is 0 Å². The molecule has 9 rings (SSSR count). The van der Waals surface area contributed by atoms with Gasteiger partial charge in [0.25, 0.3) is 0 Å². The van der Waals surface area contributed by atoms with Crippen LogP contribution in [0.25, 0.3) is 30.9 Å². The number of benzene rings is 6. The largest absolute Gasteiger partial charge is 0.294 e. The minimum atomic E-state index is -0.238. The lowest BCUT2D eigenvalue weighted by atomic mass is 10.0. The molecular weight excluding hydrogens is 573 g/mol. The summed E-state index contributed by atoms with van der Waals surface area (Å²) in [6.45, 7) is 0. The average Bonchev–Trinajstić information content (AvgIpc) is 3.69. The van der Waals surface area contributed by atoms with Crippen LogP contribution in [0.1, 0.15) is 20.7 Å². The summed E-state index contributed by atoms with van der Waals surface area (Å²) in [6.07, 6.45) is 3.63. The number of para-hydroxylation sites is 2. The van der Waals surface area contributed by atoms with Gasteiger partial charge in [0.15, 0.2) is 11.6 Å². The van der Waals surface area contributed by atoms with Crippen LogP contribution in [0, 0.1) is 0 Å². The molecule has 0 N–H and O–H groups in total. The summed E-state index contributed by atoms with van der Waals surface area (Å²) in [7, 11) is 0. The SMILES string of the molecule is O=C1C(=C/C=C2\N(c3ccccc3)c3cc4sc5ccccc5c4cc3N2c2ccccc2)C(=O)c2cc3ccccc3cc21. The predicted octanol–water partition coefficient (Wildman–Crippen LogP) is 10.3. The van der Waals surface area contributed by atoms with E-state index < -0.39 is 0 Å². The predicted molar refractivity (Wildman–Crippen MR) is 185 cm³/mol. The second kappa shape index (κ2) is 9.88. The third kappa shape index (κ3) is 3.91. The molecule has 0 saturated heterocycles. The van der Waals surface area contributed by atoms with E-state index in [0.29, 0.717) is 11.1 Å². The van der Waals surface area contributed by atoms with E-state index in [1.165, 1.54) is 20.2 Å². The first-order valence-corrected chi connectivity index (χ1v) is 15.7. The van der Waals surface area contributed by atoms with Crippen molar-refractivity contribution in [3.05, 3.63) is 168 Å². The van der Waals surface area contributed by atoms with Crippen molar-refractivity contribution < 1.29 is 9.59 Å². The van der Waals surface area contributed by atoms with Crippen LogP contribution >= 0.6 is 11.3 Å². The van der Waals surface area contributed by atoms with Gasteiger partial charge in [-0.25, -0.2) is 0 Å². The zero-order valence-corrected chi connectivity index (χ0v) is 24.8. The van der Waals surface area contributed by atoms with E-state index in [2.05, 4.69) is 70.5 Å². The van der Waals surface area contributed by atoms with Gasteiger partial charge in [-0.05, 0) is 77.5 Å². The number of hydrogen-bond acceptors (Lipinski definition) is 5. The molecule has 2 heterocycles. The van der Waals surface area contributed by atoms with Crippen molar-refractivity contribution in [3.8, 4) is 0 Å². The van der Waals surface area contributed by atoms with Crippen LogP contribution in [0.5, 0.6) is 0 Å². The average molecular weight is 597 g/mol. The minimum Gasteiger partial charge on any atom is -0.294 e. The summed E-state index contributed by atoms with van der Waals surface area (Å²) in [5, 5.41) is 4.32. The minimum absolute atomic E-state index is 0.178. The van der Waals surface area contributed by atoms with Crippen molar-refractivity contribution in [2.45, 2.75) is 0 Å². The number of thiophene rings is 1. The molecule has 0 saturated carbocycles. The standard InChI is InChI=1S/C40H24N2O2S/c43-39-30(40(44)33-22-26-12-8-7-11-25(26)21-32(33)39)19-20-38-41(27-13-3-1-4-14-27)34-23-31-29-17-9-10-18-36(29)45-37(31)24-35(34)42(38)28-15-5-2-6-16-28/h1-24H/b38-20-. The highest BCUT2D eigenvalue weighted by Gasteiger charge is 2.36. The molecule has 0 spiro atoms. The Morgan fingerprint density at radius 2 is 1.02 bits per heavy atom. The van der Waals surface area contributed by atoms with Gasteiger partial charge < -0.3 is 0 Å². The van der Waals surface area contributed by atoms with E-state index in [9.17, 15) is 9.59 Å². The Bertz CT molecular complexity index is 2370. The Labute approximate surface area is 263 Å². The Hall–Kier alpha value is -5.78. The second-order valence-corrected chi connectivity index (χ2v) is 12.4. The van der Waals surface area contributed by atoms with Crippen LogP contribution in [-0.4, -0.2) is 11.6 Å². The van der Waals surface area contributed by atoms with E-state index in [0.717, 1.165) is 39.3 Å². The zero-order valence-electron chi connectivity index (χ0n) is 24.0. The number of anilines is 4. The van der Waals surface area contributed by atoms with Crippen LogP contribution in [-0.2, 0) is 0 Å². The molecule has 0 amide bonds. The first kappa shape index (κ1) is 25.7. The molecule has 5 heteroatoms. The van der Waals surface area contributed by atoms with Crippen molar-refractivity contribution in [1.29, 1.82) is 0 Å². The van der Waals surface area contributed by atoms with E-state index in [4.69, 9.17) is 0 Å². The quantitative estimate of drug-likeness (QED) is 0.150. The fourth-order valence-electron chi connectivity index (χ4n) is 6.62. The van der Waals surface area contributed by atoms with Crippen LogP contribution in [0.3, 0.4) is 0 Å². The molecule has 0 atom stereocenters. The maximum Gasteiger partial charge on any atom is 0.197 e. The molecule has 2 aliphatic rings. The molecule has 0 radical (unpaired) electrons. The summed E-state index contributed by atoms with van der Waals surface area (Å²) in [5.41, 5.74) is 5.14. The van der Waals surface area contributed by atoms with E-state index in [1.54, 1.807) is 17.4 Å². The Morgan fingerprint density at radius 3 is 1.64 bits per heavy atom. The van der Waals surface area contributed by atoms with Gasteiger partial charge in [-0.3, -0.25) is 19.4 Å². The van der Waals surface area contributed by atoms with Gasteiger partial charge in [-0.1, -0.05) is 78.9 Å². The highest BCUT2D eigenvalue weighted by atomic mass is 32.1. The lowest BCUT2D eigenvalue weighted by molar-refractivity contribution is 0.0989. The van der Waals surface area contributed by atoms with Gasteiger partial charge in [0.1, 0.15) is 5.82 Å². The number of fused-ring (bicyclic) bond motifs is 6. The number of carbonyl (C=O) groups is 2. The highest BCUT2D eigenvalue weighted by molar-refractivity contribution is 7.25. The third-order valence-corrected chi connectivity index (χ3v) is 9.84. The maximum absolute atomic E-state index is 13.7. The van der Waals surface area contributed by atoms with Gasteiger partial charge in [-0.2, -0.15) is 0 Å². The van der Waals surface area contributed by atoms with Gasteiger partial charge in [0.2, 0.25) is 0 Å². The molecule has 212 valence electrons. The number of carbonyl (C=O) groups excluding carboxylic acids is 2. The van der Waals surface area contributed by atoms with Crippen LogP contribution in [0.15, 0.2) is 157 Å². The van der Waals surface area contributed by atoms with Gasteiger partial charge in [0.05, 0.1) is 16.9 Å². The van der Waals surface area contributed by atoms with Gasteiger partial charge in [0, 0.05) is 42.7 Å². The summed E-state index contributed by atoms with van der Waals surface area (Å²) in [6, 6.07) is 45.0. The molecule has 1 aromatic heterocycles. The fraction of sp³-hybridized carbons (Fsp3) is 0. The molecule has 7 aromatic rings.